The summed E-state index contributed by atoms with van der Waals surface area (Å²) in [6.45, 7) is 3.94. The molecule has 1 saturated heterocycles. The second-order valence-corrected chi connectivity index (χ2v) is 4.45. The second kappa shape index (κ2) is 4.95. The van der Waals surface area contributed by atoms with Crippen LogP contribution in [-0.2, 0) is 4.74 Å². The molecule has 0 amide bonds. The Morgan fingerprint density at radius 3 is 3.00 bits per heavy atom. The zero-order valence-electron chi connectivity index (χ0n) is 9.57. The molecule has 1 unspecified atom stereocenters. The fraction of sp³-hybridized carbons (Fsp3) is 0.727. The van der Waals surface area contributed by atoms with Gasteiger partial charge < -0.3 is 15.2 Å². The quantitative estimate of drug-likeness (QED) is 0.702. The number of nitrogens with one attached hydrogen (secondary N) is 2. The number of H-pyrrole nitrogens is 1. The molecule has 0 aliphatic carbocycles. The first-order valence-electron chi connectivity index (χ1n) is 5.72. The van der Waals surface area contributed by atoms with Crippen molar-refractivity contribution in [2.24, 2.45) is 0 Å². The van der Waals surface area contributed by atoms with E-state index in [4.69, 9.17) is 4.74 Å². The smallest absolute Gasteiger partial charge is 0.0815 e. The van der Waals surface area contributed by atoms with Gasteiger partial charge in [-0.05, 0) is 13.0 Å². The summed E-state index contributed by atoms with van der Waals surface area (Å²) in [5.74, 6) is 0. The van der Waals surface area contributed by atoms with Crippen molar-refractivity contribution < 1.29 is 9.84 Å². The van der Waals surface area contributed by atoms with Crippen LogP contribution in [0.15, 0.2) is 12.3 Å². The normalized spacial score (nSPS) is 21.9. The highest BCUT2D eigenvalue weighted by Crippen LogP contribution is 2.20. The second-order valence-electron chi connectivity index (χ2n) is 4.45. The summed E-state index contributed by atoms with van der Waals surface area (Å²) < 4.78 is 5.24. The van der Waals surface area contributed by atoms with Gasteiger partial charge in [-0.1, -0.05) is 0 Å². The summed E-state index contributed by atoms with van der Waals surface area (Å²) in [5, 5.41) is 20.4. The average Bonchev–Trinajstić information content (AvgIpc) is 2.80. The minimum absolute atomic E-state index is 0.175. The summed E-state index contributed by atoms with van der Waals surface area (Å²) in [5.41, 5.74) is 0.419. The van der Waals surface area contributed by atoms with E-state index in [2.05, 4.69) is 22.4 Å². The molecule has 16 heavy (non-hydrogen) atoms. The first kappa shape index (κ1) is 11.6. The molecule has 0 aromatic carbocycles. The minimum Gasteiger partial charge on any atom is -0.388 e. The molecule has 90 valence electrons. The number of nitrogens with zero attached hydrogens (tertiary/aromatic N) is 1. The third-order valence-corrected chi connectivity index (χ3v) is 3.15. The van der Waals surface area contributed by atoms with Gasteiger partial charge in [0.15, 0.2) is 0 Å². The molecule has 0 bridgehead atoms. The maximum absolute atomic E-state index is 10.2. The largest absolute Gasteiger partial charge is 0.388 e. The van der Waals surface area contributed by atoms with Crippen LogP contribution in [0.4, 0.5) is 0 Å². The summed E-state index contributed by atoms with van der Waals surface area (Å²) in [7, 11) is 0. The summed E-state index contributed by atoms with van der Waals surface area (Å²) in [4.78, 5) is 0. The Balaban J connectivity index is 1.82. The van der Waals surface area contributed by atoms with Crippen LogP contribution in [0, 0.1) is 0 Å². The van der Waals surface area contributed by atoms with E-state index in [1.165, 1.54) is 0 Å². The Morgan fingerprint density at radius 1 is 1.62 bits per heavy atom. The molecule has 1 atom stereocenters. The third kappa shape index (κ3) is 2.81. The fourth-order valence-corrected chi connectivity index (χ4v) is 1.89. The Hall–Kier alpha value is -0.910. The van der Waals surface area contributed by atoms with Crippen molar-refractivity contribution in [2.75, 3.05) is 19.8 Å². The van der Waals surface area contributed by atoms with Gasteiger partial charge in [0.2, 0.25) is 0 Å². The molecule has 2 heterocycles. The summed E-state index contributed by atoms with van der Waals surface area (Å²) in [6.07, 6.45) is 3.14. The van der Waals surface area contributed by atoms with E-state index in [9.17, 15) is 5.11 Å². The Bertz CT molecular complexity index is 307. The highest BCUT2D eigenvalue weighted by molar-refractivity contribution is 5.03. The molecule has 5 heteroatoms. The van der Waals surface area contributed by atoms with Gasteiger partial charge in [-0.3, -0.25) is 5.10 Å². The van der Waals surface area contributed by atoms with E-state index < -0.39 is 5.60 Å². The monoisotopic (exact) mass is 225 g/mol. The number of hydrogen-bond acceptors (Lipinski definition) is 4. The van der Waals surface area contributed by atoms with Crippen LogP contribution in [0.25, 0.3) is 0 Å². The van der Waals surface area contributed by atoms with E-state index in [1.807, 2.05) is 6.07 Å². The number of aromatic amines is 1. The zero-order valence-corrected chi connectivity index (χ0v) is 9.57. The maximum Gasteiger partial charge on any atom is 0.0815 e. The van der Waals surface area contributed by atoms with Crippen molar-refractivity contribution >= 4 is 0 Å². The number of ether oxygens (including phenoxy) is 1. The molecule has 0 saturated carbocycles. The van der Waals surface area contributed by atoms with E-state index in [1.54, 1.807) is 6.20 Å². The van der Waals surface area contributed by atoms with Gasteiger partial charge >= 0.3 is 0 Å². The predicted molar refractivity (Wildman–Crippen MR) is 60.0 cm³/mol. The lowest BCUT2D eigenvalue weighted by molar-refractivity contribution is -0.0626. The first-order chi connectivity index (χ1) is 7.70. The van der Waals surface area contributed by atoms with Crippen LogP contribution >= 0.6 is 0 Å². The van der Waals surface area contributed by atoms with E-state index >= 15 is 0 Å². The molecular formula is C11H19N3O2. The lowest BCUT2D eigenvalue weighted by Crippen LogP contribution is -2.45. The van der Waals surface area contributed by atoms with Crippen molar-refractivity contribution in [3.05, 3.63) is 18.0 Å². The van der Waals surface area contributed by atoms with Crippen LogP contribution in [0.2, 0.25) is 0 Å². The van der Waals surface area contributed by atoms with Crippen LogP contribution in [0.5, 0.6) is 0 Å². The fourth-order valence-electron chi connectivity index (χ4n) is 1.89. The van der Waals surface area contributed by atoms with E-state index in [0.717, 1.165) is 5.69 Å². The topological polar surface area (TPSA) is 70.2 Å². The van der Waals surface area contributed by atoms with Crippen LogP contribution < -0.4 is 5.32 Å². The Morgan fingerprint density at radius 2 is 2.38 bits per heavy atom. The van der Waals surface area contributed by atoms with Crippen molar-refractivity contribution in [3.8, 4) is 0 Å². The molecule has 5 nitrogen and oxygen atoms in total. The summed E-state index contributed by atoms with van der Waals surface area (Å²) >= 11 is 0. The Kier molecular flexibility index (Phi) is 3.58. The van der Waals surface area contributed by atoms with Crippen LogP contribution in [0.3, 0.4) is 0 Å². The number of rotatable bonds is 4. The van der Waals surface area contributed by atoms with Crippen LogP contribution in [0.1, 0.15) is 31.5 Å². The highest BCUT2D eigenvalue weighted by atomic mass is 16.5. The molecule has 1 aliphatic rings. The minimum atomic E-state index is -0.619. The standard InChI is InChI=1S/C11H19N3O2/c1-9(10-2-5-13-14-10)12-8-11(15)3-6-16-7-4-11/h2,5,9,12,15H,3-4,6-8H2,1H3,(H,13,14). The third-order valence-electron chi connectivity index (χ3n) is 3.15. The molecule has 2 rings (SSSR count). The number of aliphatic hydroxyl groups is 1. The van der Waals surface area contributed by atoms with Gasteiger partial charge in [-0.15, -0.1) is 0 Å². The van der Waals surface area contributed by atoms with Crippen molar-refractivity contribution in [3.63, 3.8) is 0 Å². The molecule has 1 aromatic heterocycles. The SMILES string of the molecule is CC(NCC1(O)CCOCC1)c1ccn[nH]1. The van der Waals surface area contributed by atoms with Gasteiger partial charge in [0, 0.05) is 44.8 Å². The van der Waals surface area contributed by atoms with Gasteiger partial charge in [-0.2, -0.15) is 5.10 Å². The maximum atomic E-state index is 10.2. The van der Waals surface area contributed by atoms with Gasteiger partial charge in [-0.25, -0.2) is 0 Å². The lowest BCUT2D eigenvalue weighted by Gasteiger charge is -2.33. The van der Waals surface area contributed by atoms with Crippen molar-refractivity contribution in [1.29, 1.82) is 0 Å². The van der Waals surface area contributed by atoms with Crippen molar-refractivity contribution in [1.82, 2.24) is 15.5 Å². The van der Waals surface area contributed by atoms with E-state index in [0.29, 0.717) is 32.6 Å². The number of aromatic nitrogens is 2. The molecule has 1 fully saturated rings. The average molecular weight is 225 g/mol. The van der Waals surface area contributed by atoms with E-state index in [-0.39, 0.29) is 6.04 Å². The molecular weight excluding hydrogens is 206 g/mol. The molecule has 0 spiro atoms. The first-order valence-corrected chi connectivity index (χ1v) is 5.72. The Labute approximate surface area is 95.2 Å². The lowest BCUT2D eigenvalue weighted by atomic mass is 9.94. The van der Waals surface area contributed by atoms with Gasteiger partial charge in [0.1, 0.15) is 0 Å². The molecule has 1 aliphatic heterocycles. The zero-order chi connectivity index (χ0) is 11.4. The predicted octanol–water partition coefficient (Wildman–Crippen LogP) is 0.602. The molecule has 3 N–H and O–H groups in total. The molecule has 1 aromatic rings. The molecule has 0 radical (unpaired) electrons. The highest BCUT2D eigenvalue weighted by Gasteiger charge is 2.29. The number of hydrogen-bond donors (Lipinski definition) is 3. The van der Waals surface area contributed by atoms with Gasteiger partial charge in [0.05, 0.1) is 11.3 Å². The summed E-state index contributed by atoms with van der Waals surface area (Å²) in [6, 6.07) is 2.11. The van der Waals surface area contributed by atoms with Crippen molar-refractivity contribution in [2.45, 2.75) is 31.4 Å². The van der Waals surface area contributed by atoms with Crippen LogP contribution in [-0.4, -0.2) is 40.7 Å². The van der Waals surface area contributed by atoms with Gasteiger partial charge in [0.25, 0.3) is 0 Å².